The summed E-state index contributed by atoms with van der Waals surface area (Å²) in [7, 11) is 0. The summed E-state index contributed by atoms with van der Waals surface area (Å²) in [6.07, 6.45) is 0.264. The van der Waals surface area contributed by atoms with E-state index in [-0.39, 0.29) is 17.8 Å². The van der Waals surface area contributed by atoms with Gasteiger partial charge in [0, 0.05) is 18.2 Å². The highest BCUT2D eigenvalue weighted by molar-refractivity contribution is 5.80. The van der Waals surface area contributed by atoms with E-state index >= 15 is 0 Å². The molecule has 1 aromatic rings. The summed E-state index contributed by atoms with van der Waals surface area (Å²) >= 11 is 0. The van der Waals surface area contributed by atoms with Crippen molar-refractivity contribution in [1.82, 2.24) is 5.32 Å². The van der Waals surface area contributed by atoms with E-state index in [1.165, 1.54) is 18.2 Å². The van der Waals surface area contributed by atoms with Crippen LogP contribution in [0.5, 0.6) is 5.75 Å². The number of carbonyl (C=O) groups is 1. The molecule has 1 amide bonds. The maximum atomic E-state index is 13.3. The van der Waals surface area contributed by atoms with Crippen molar-refractivity contribution in [1.29, 1.82) is 0 Å². The van der Waals surface area contributed by atoms with Crippen molar-refractivity contribution in [2.75, 3.05) is 6.54 Å². The number of benzene rings is 1. The van der Waals surface area contributed by atoms with Gasteiger partial charge in [-0.1, -0.05) is 13.8 Å². The lowest BCUT2D eigenvalue weighted by Crippen LogP contribution is -2.37. The molecule has 5 heteroatoms. The van der Waals surface area contributed by atoms with E-state index in [9.17, 15) is 9.18 Å². The normalized spacial score (nSPS) is 13.9. The van der Waals surface area contributed by atoms with Gasteiger partial charge in [0.25, 0.3) is 5.91 Å². The fourth-order valence-corrected chi connectivity index (χ4v) is 1.85. The zero-order chi connectivity index (χ0) is 16.0. The van der Waals surface area contributed by atoms with E-state index < -0.39 is 6.10 Å². The smallest absolute Gasteiger partial charge is 0.260 e. The molecule has 1 aromatic carbocycles. The van der Waals surface area contributed by atoms with Crippen molar-refractivity contribution < 1.29 is 13.9 Å². The fourth-order valence-electron chi connectivity index (χ4n) is 1.85. The number of carbonyl (C=O) groups excluding carboxylic acids is 1. The van der Waals surface area contributed by atoms with Gasteiger partial charge in [-0.05, 0) is 44.4 Å². The molecule has 0 aromatic heterocycles. The molecule has 1 rings (SSSR count). The first-order chi connectivity index (χ1) is 9.81. The highest BCUT2D eigenvalue weighted by atomic mass is 19.1. The molecule has 0 heterocycles. The summed E-state index contributed by atoms with van der Waals surface area (Å²) in [6, 6.07) is 3.77. The predicted octanol–water partition coefficient (Wildman–Crippen LogP) is 2.78. The van der Waals surface area contributed by atoms with Crippen molar-refractivity contribution >= 4 is 5.91 Å². The predicted molar refractivity (Wildman–Crippen MR) is 81.6 cm³/mol. The van der Waals surface area contributed by atoms with Crippen LogP contribution in [0, 0.1) is 11.7 Å². The zero-order valence-electron chi connectivity index (χ0n) is 13.2. The largest absolute Gasteiger partial charge is 0.481 e. The summed E-state index contributed by atoms with van der Waals surface area (Å²) in [5.41, 5.74) is 6.35. The standard InChI is InChI=1S/C16H25FN2O2/c1-10(2)7-8-19-16(20)12(4)21-15-6-5-13(17)9-14(15)11(3)18/h5-6,9-12H,7-8,18H2,1-4H3,(H,19,20). The van der Waals surface area contributed by atoms with Gasteiger partial charge in [-0.3, -0.25) is 4.79 Å². The van der Waals surface area contributed by atoms with Gasteiger partial charge < -0.3 is 15.8 Å². The van der Waals surface area contributed by atoms with Crippen LogP contribution in [0.1, 0.15) is 45.7 Å². The minimum atomic E-state index is -0.653. The molecule has 0 saturated heterocycles. The van der Waals surface area contributed by atoms with Crippen LogP contribution in [0.15, 0.2) is 18.2 Å². The van der Waals surface area contributed by atoms with Crippen LogP contribution >= 0.6 is 0 Å². The topological polar surface area (TPSA) is 64.3 Å². The van der Waals surface area contributed by atoms with E-state index in [4.69, 9.17) is 10.5 Å². The summed E-state index contributed by atoms with van der Waals surface area (Å²) < 4.78 is 18.9. The van der Waals surface area contributed by atoms with E-state index in [0.29, 0.717) is 23.8 Å². The van der Waals surface area contributed by atoms with Crippen LogP contribution in [0.2, 0.25) is 0 Å². The van der Waals surface area contributed by atoms with E-state index in [2.05, 4.69) is 19.2 Å². The third kappa shape index (κ3) is 5.71. The summed E-state index contributed by atoms with van der Waals surface area (Å²) in [6.45, 7) is 8.22. The molecule has 2 atom stereocenters. The van der Waals surface area contributed by atoms with Gasteiger partial charge in [-0.2, -0.15) is 0 Å². The molecule has 0 aliphatic rings. The fraction of sp³-hybridized carbons (Fsp3) is 0.562. The van der Waals surface area contributed by atoms with Crippen molar-refractivity contribution in [3.8, 4) is 5.75 Å². The molecule has 3 N–H and O–H groups in total. The number of ether oxygens (including phenoxy) is 1. The molecule has 21 heavy (non-hydrogen) atoms. The number of rotatable bonds is 7. The molecule has 0 saturated carbocycles. The van der Waals surface area contributed by atoms with E-state index in [1.54, 1.807) is 13.8 Å². The van der Waals surface area contributed by atoms with Gasteiger partial charge in [0.05, 0.1) is 0 Å². The SMILES string of the molecule is CC(C)CCNC(=O)C(C)Oc1ccc(F)cc1C(C)N. The summed E-state index contributed by atoms with van der Waals surface area (Å²) in [4.78, 5) is 11.9. The van der Waals surface area contributed by atoms with Crippen LogP contribution in [0.4, 0.5) is 4.39 Å². The maximum Gasteiger partial charge on any atom is 0.260 e. The first-order valence-corrected chi connectivity index (χ1v) is 7.30. The quantitative estimate of drug-likeness (QED) is 0.813. The van der Waals surface area contributed by atoms with Gasteiger partial charge in [0.2, 0.25) is 0 Å². The molecule has 0 radical (unpaired) electrons. The lowest BCUT2D eigenvalue weighted by Gasteiger charge is -2.19. The Bertz CT molecular complexity index is 475. The first-order valence-electron chi connectivity index (χ1n) is 7.30. The number of amides is 1. The molecule has 4 nitrogen and oxygen atoms in total. The van der Waals surface area contributed by atoms with Crippen LogP contribution in [0.25, 0.3) is 0 Å². The van der Waals surface area contributed by atoms with E-state index in [1.807, 2.05) is 0 Å². The van der Waals surface area contributed by atoms with Crippen molar-refractivity contribution in [3.63, 3.8) is 0 Å². The first kappa shape index (κ1) is 17.4. The van der Waals surface area contributed by atoms with Gasteiger partial charge in [0.1, 0.15) is 11.6 Å². The second-order valence-corrected chi connectivity index (χ2v) is 5.70. The summed E-state index contributed by atoms with van der Waals surface area (Å²) in [5.74, 6) is 0.417. The molecular weight excluding hydrogens is 271 g/mol. The number of nitrogens with one attached hydrogen (secondary N) is 1. The molecule has 118 valence electrons. The Morgan fingerprint density at radius 1 is 1.33 bits per heavy atom. The monoisotopic (exact) mass is 296 g/mol. The highest BCUT2D eigenvalue weighted by Gasteiger charge is 2.17. The molecule has 0 aliphatic heterocycles. The van der Waals surface area contributed by atoms with Crippen LogP contribution in [-0.2, 0) is 4.79 Å². The van der Waals surface area contributed by atoms with Gasteiger partial charge >= 0.3 is 0 Å². The lowest BCUT2D eigenvalue weighted by atomic mass is 10.1. The molecule has 0 spiro atoms. The Hall–Kier alpha value is -1.62. The molecule has 0 aliphatic carbocycles. The Morgan fingerprint density at radius 2 is 2.00 bits per heavy atom. The van der Waals surface area contributed by atoms with E-state index in [0.717, 1.165) is 6.42 Å². The average molecular weight is 296 g/mol. The number of hydrogen-bond acceptors (Lipinski definition) is 3. The van der Waals surface area contributed by atoms with Gasteiger partial charge in [0.15, 0.2) is 6.10 Å². The lowest BCUT2D eigenvalue weighted by molar-refractivity contribution is -0.127. The highest BCUT2D eigenvalue weighted by Crippen LogP contribution is 2.25. The second-order valence-electron chi connectivity index (χ2n) is 5.70. The Kier molecular flexibility index (Phi) is 6.62. The van der Waals surface area contributed by atoms with Gasteiger partial charge in [-0.15, -0.1) is 0 Å². The van der Waals surface area contributed by atoms with Crippen molar-refractivity contribution in [3.05, 3.63) is 29.6 Å². The number of hydrogen-bond donors (Lipinski definition) is 2. The van der Waals surface area contributed by atoms with Crippen LogP contribution in [0.3, 0.4) is 0 Å². The second kappa shape index (κ2) is 7.98. The Morgan fingerprint density at radius 3 is 2.57 bits per heavy atom. The van der Waals surface area contributed by atoms with Crippen LogP contribution in [-0.4, -0.2) is 18.6 Å². The third-order valence-corrected chi connectivity index (χ3v) is 3.16. The molecular formula is C16H25FN2O2. The maximum absolute atomic E-state index is 13.3. The number of halogens is 1. The third-order valence-electron chi connectivity index (χ3n) is 3.16. The number of nitrogens with two attached hydrogens (primary N) is 1. The molecule has 0 fully saturated rings. The zero-order valence-corrected chi connectivity index (χ0v) is 13.2. The van der Waals surface area contributed by atoms with Crippen molar-refractivity contribution in [2.24, 2.45) is 11.7 Å². The molecule has 2 unspecified atom stereocenters. The Balaban J connectivity index is 2.65. The minimum Gasteiger partial charge on any atom is -0.481 e. The molecule has 0 bridgehead atoms. The Labute approximate surface area is 125 Å². The average Bonchev–Trinajstić information content (AvgIpc) is 2.39. The summed E-state index contributed by atoms with van der Waals surface area (Å²) in [5, 5.41) is 2.82. The van der Waals surface area contributed by atoms with Crippen molar-refractivity contribution in [2.45, 2.75) is 46.3 Å². The minimum absolute atomic E-state index is 0.185. The van der Waals surface area contributed by atoms with Gasteiger partial charge in [-0.25, -0.2) is 4.39 Å². The van der Waals surface area contributed by atoms with Crippen LogP contribution < -0.4 is 15.8 Å².